The summed E-state index contributed by atoms with van der Waals surface area (Å²) in [5, 5.41) is 12.1. The first-order valence-electron chi connectivity index (χ1n) is 12.3. The predicted molar refractivity (Wildman–Crippen MR) is 123 cm³/mol. The van der Waals surface area contributed by atoms with E-state index >= 15 is 0 Å². The minimum Gasteiger partial charge on any atom is -0.330 e. The molecule has 2 aromatic heterocycles. The van der Waals surface area contributed by atoms with E-state index in [0.29, 0.717) is 17.5 Å². The molecule has 2 bridgehead atoms. The van der Waals surface area contributed by atoms with Crippen molar-refractivity contribution in [3.8, 4) is 11.3 Å². The van der Waals surface area contributed by atoms with Gasteiger partial charge in [0.05, 0.1) is 17.4 Å². The molecular weight excluding hydrogens is 400 g/mol. The number of aromatic amines is 1. The highest BCUT2D eigenvalue weighted by Gasteiger charge is 2.47. The van der Waals surface area contributed by atoms with Crippen molar-refractivity contribution in [3.05, 3.63) is 34.8 Å². The molecule has 6 rings (SSSR count). The lowest BCUT2D eigenvalue weighted by Crippen LogP contribution is -2.60. The number of aromatic nitrogens is 4. The quantitative estimate of drug-likeness (QED) is 0.735. The molecule has 3 fully saturated rings. The Morgan fingerprint density at radius 2 is 2.06 bits per heavy atom. The van der Waals surface area contributed by atoms with Gasteiger partial charge >= 0.3 is 0 Å². The third kappa shape index (κ3) is 3.08. The number of piperidine rings is 3. The van der Waals surface area contributed by atoms with Crippen LogP contribution in [0.15, 0.2) is 17.7 Å². The minimum absolute atomic E-state index is 0.0952. The van der Waals surface area contributed by atoms with Crippen LogP contribution in [0.25, 0.3) is 11.3 Å². The zero-order valence-corrected chi connectivity index (χ0v) is 19.5. The molecule has 0 aromatic carbocycles. The van der Waals surface area contributed by atoms with E-state index in [-0.39, 0.29) is 11.9 Å². The topological polar surface area (TPSA) is 70.1 Å². The molecule has 1 aliphatic carbocycles. The van der Waals surface area contributed by atoms with E-state index in [9.17, 15) is 4.79 Å². The van der Waals surface area contributed by atoms with Crippen LogP contribution in [0, 0.1) is 25.7 Å². The summed E-state index contributed by atoms with van der Waals surface area (Å²) in [6.45, 7) is 7.26. The molecule has 1 N–H and O–H groups in total. The van der Waals surface area contributed by atoms with Gasteiger partial charge in [-0.05, 0) is 70.4 Å². The lowest BCUT2D eigenvalue weighted by molar-refractivity contribution is 0.00131. The van der Waals surface area contributed by atoms with Gasteiger partial charge in [0.1, 0.15) is 5.69 Å². The molecule has 3 saturated heterocycles. The molecule has 0 spiro atoms. The molecule has 170 valence electrons. The SMILES string of the molecule is Cc1nn(C)c(C)c1-c1cc(C(=O)N2CCCC3=C[C@H]4C[C@H](CN5CCCC[C@H]45)[C@H]32)[nH]n1. The fraction of sp³-hybridized carbons (Fsp3) is 0.640. The van der Waals surface area contributed by atoms with E-state index in [1.807, 2.05) is 31.6 Å². The first kappa shape index (κ1) is 20.2. The summed E-state index contributed by atoms with van der Waals surface area (Å²) >= 11 is 0. The van der Waals surface area contributed by atoms with Crippen molar-refractivity contribution < 1.29 is 4.79 Å². The van der Waals surface area contributed by atoms with Crippen molar-refractivity contribution in [3.63, 3.8) is 0 Å². The fourth-order valence-electron chi connectivity index (χ4n) is 7.06. The normalized spacial score (nSPS) is 30.0. The Balaban J connectivity index is 1.29. The zero-order valence-electron chi connectivity index (χ0n) is 19.5. The number of hydrogen-bond acceptors (Lipinski definition) is 4. The lowest BCUT2D eigenvalue weighted by Gasteiger charge is -2.54. The molecule has 7 heteroatoms. The molecule has 3 aliphatic heterocycles. The van der Waals surface area contributed by atoms with Gasteiger partial charge in [0, 0.05) is 37.4 Å². The van der Waals surface area contributed by atoms with Crippen LogP contribution in [-0.4, -0.2) is 67.4 Å². The Morgan fingerprint density at radius 3 is 2.88 bits per heavy atom. The monoisotopic (exact) mass is 434 g/mol. The summed E-state index contributed by atoms with van der Waals surface area (Å²) in [5.41, 5.74) is 5.95. The Labute approximate surface area is 189 Å². The summed E-state index contributed by atoms with van der Waals surface area (Å²) in [5.74, 6) is 1.34. The van der Waals surface area contributed by atoms with Gasteiger partial charge in [-0.1, -0.05) is 18.1 Å². The molecule has 5 heterocycles. The van der Waals surface area contributed by atoms with Gasteiger partial charge in [-0.2, -0.15) is 10.2 Å². The number of likely N-dealkylation sites (tertiary alicyclic amines) is 1. The highest BCUT2D eigenvalue weighted by molar-refractivity contribution is 5.94. The average Bonchev–Trinajstić information content (AvgIpc) is 3.37. The largest absolute Gasteiger partial charge is 0.330 e. The number of fused-ring (bicyclic) bond motifs is 6. The van der Waals surface area contributed by atoms with E-state index in [1.54, 1.807) is 0 Å². The molecule has 4 aliphatic rings. The van der Waals surface area contributed by atoms with E-state index in [0.717, 1.165) is 54.6 Å². The molecule has 7 nitrogen and oxygen atoms in total. The van der Waals surface area contributed by atoms with Crippen molar-refractivity contribution in [1.82, 2.24) is 29.8 Å². The molecular formula is C25H34N6O. The number of amides is 1. The van der Waals surface area contributed by atoms with Gasteiger partial charge in [0.15, 0.2) is 0 Å². The van der Waals surface area contributed by atoms with Gasteiger partial charge in [0.2, 0.25) is 0 Å². The Morgan fingerprint density at radius 1 is 1.19 bits per heavy atom. The van der Waals surface area contributed by atoms with Gasteiger partial charge in [-0.3, -0.25) is 19.5 Å². The second-order valence-corrected chi connectivity index (χ2v) is 10.3. The Hall–Kier alpha value is -2.41. The van der Waals surface area contributed by atoms with Crippen LogP contribution < -0.4 is 0 Å². The van der Waals surface area contributed by atoms with Crippen LogP contribution in [0.2, 0.25) is 0 Å². The lowest BCUT2D eigenvalue weighted by atomic mass is 9.68. The predicted octanol–water partition coefficient (Wildman–Crippen LogP) is 3.46. The summed E-state index contributed by atoms with van der Waals surface area (Å²) in [6.07, 6.45) is 10.1. The molecule has 2 aromatic rings. The smallest absolute Gasteiger partial charge is 0.272 e. The standard InChI is InChI=1S/C25H34N6O/c1-15-23(16(2)29(3)28-15)20-13-21(27-26-20)25(32)31-10-6-7-17-11-18-12-19(24(17)31)14-30-9-5-4-8-22(18)30/h11,13,18-19,22,24H,4-10,12,14H2,1-3H3,(H,26,27)/t18-,19+,22+,24-/m0/s1. The maximum atomic E-state index is 13.7. The van der Waals surface area contributed by atoms with Crippen LogP contribution in [0.3, 0.4) is 0 Å². The fourth-order valence-corrected chi connectivity index (χ4v) is 7.06. The maximum absolute atomic E-state index is 13.7. The van der Waals surface area contributed by atoms with Crippen molar-refractivity contribution in [2.45, 2.75) is 64.5 Å². The highest BCUT2D eigenvalue weighted by Crippen LogP contribution is 2.45. The summed E-state index contributed by atoms with van der Waals surface area (Å²) in [7, 11) is 1.94. The number of hydrogen-bond donors (Lipinski definition) is 1. The number of aryl methyl sites for hydroxylation is 2. The molecule has 1 amide bonds. The Bertz CT molecular complexity index is 1080. The third-order valence-electron chi connectivity index (χ3n) is 8.49. The van der Waals surface area contributed by atoms with Gasteiger partial charge in [-0.15, -0.1) is 0 Å². The van der Waals surface area contributed by atoms with E-state index < -0.39 is 0 Å². The zero-order chi connectivity index (χ0) is 22.0. The number of nitrogens with one attached hydrogen (secondary N) is 1. The minimum atomic E-state index is 0.0952. The number of carbonyl (C=O) groups is 1. The van der Waals surface area contributed by atoms with E-state index in [4.69, 9.17) is 0 Å². The number of carbonyl (C=O) groups excluding carboxylic acids is 1. The molecule has 4 atom stereocenters. The third-order valence-corrected chi connectivity index (χ3v) is 8.49. The van der Waals surface area contributed by atoms with Gasteiger partial charge < -0.3 is 4.90 Å². The van der Waals surface area contributed by atoms with Crippen LogP contribution in [0.1, 0.15) is 60.4 Å². The molecule has 0 unspecified atom stereocenters. The van der Waals surface area contributed by atoms with E-state index in [2.05, 4.69) is 31.2 Å². The summed E-state index contributed by atoms with van der Waals surface area (Å²) in [4.78, 5) is 18.6. The first-order chi connectivity index (χ1) is 15.5. The molecule has 0 radical (unpaired) electrons. The summed E-state index contributed by atoms with van der Waals surface area (Å²) < 4.78 is 1.87. The number of nitrogens with zero attached hydrogens (tertiary/aromatic N) is 5. The van der Waals surface area contributed by atoms with Crippen LogP contribution in [0.4, 0.5) is 0 Å². The van der Waals surface area contributed by atoms with E-state index in [1.165, 1.54) is 37.8 Å². The second-order valence-electron chi connectivity index (χ2n) is 10.3. The Kier molecular flexibility index (Phi) is 4.79. The van der Waals surface area contributed by atoms with Gasteiger partial charge in [0.25, 0.3) is 5.91 Å². The first-order valence-corrected chi connectivity index (χ1v) is 12.3. The summed E-state index contributed by atoms with van der Waals surface area (Å²) in [6, 6.07) is 2.91. The van der Waals surface area contributed by atoms with Crippen molar-refractivity contribution in [2.24, 2.45) is 18.9 Å². The van der Waals surface area contributed by atoms with Gasteiger partial charge in [-0.25, -0.2) is 0 Å². The van der Waals surface area contributed by atoms with Crippen LogP contribution in [0.5, 0.6) is 0 Å². The highest BCUT2D eigenvalue weighted by atomic mass is 16.2. The van der Waals surface area contributed by atoms with Crippen LogP contribution in [-0.2, 0) is 7.05 Å². The van der Waals surface area contributed by atoms with Crippen LogP contribution >= 0.6 is 0 Å². The number of rotatable bonds is 2. The average molecular weight is 435 g/mol. The molecule has 32 heavy (non-hydrogen) atoms. The van der Waals surface area contributed by atoms with Crippen molar-refractivity contribution in [2.75, 3.05) is 19.6 Å². The number of H-pyrrole nitrogens is 1. The second kappa shape index (κ2) is 7.58. The van der Waals surface area contributed by atoms with Crippen molar-refractivity contribution in [1.29, 1.82) is 0 Å². The van der Waals surface area contributed by atoms with Crippen molar-refractivity contribution >= 4 is 5.91 Å². The molecule has 0 saturated carbocycles. The maximum Gasteiger partial charge on any atom is 0.272 e.